The van der Waals surface area contributed by atoms with Crippen LogP contribution in [0.15, 0.2) is 12.4 Å². The van der Waals surface area contributed by atoms with Crippen LogP contribution in [0.1, 0.15) is 33.2 Å². The van der Waals surface area contributed by atoms with Gasteiger partial charge in [0.25, 0.3) is 0 Å². The van der Waals surface area contributed by atoms with Crippen molar-refractivity contribution >= 4 is 17.5 Å². The van der Waals surface area contributed by atoms with Gasteiger partial charge in [0.2, 0.25) is 11.8 Å². The maximum Gasteiger partial charge on any atom is 0.248 e. The summed E-state index contributed by atoms with van der Waals surface area (Å²) in [6.45, 7) is 8.38. The van der Waals surface area contributed by atoms with Gasteiger partial charge in [-0.15, -0.1) is 0 Å². The summed E-state index contributed by atoms with van der Waals surface area (Å²) >= 11 is 0. The summed E-state index contributed by atoms with van der Waals surface area (Å²) in [5, 5.41) is 7.16. The van der Waals surface area contributed by atoms with Gasteiger partial charge in [0.05, 0.1) is 24.5 Å². The van der Waals surface area contributed by atoms with E-state index >= 15 is 0 Å². The Labute approximate surface area is 155 Å². The van der Waals surface area contributed by atoms with Gasteiger partial charge in [-0.05, 0) is 12.3 Å². The molecule has 26 heavy (non-hydrogen) atoms. The molecule has 2 rings (SSSR count). The number of hydrogen-bond acceptors (Lipinski definition) is 5. The molecule has 146 valence electrons. The van der Waals surface area contributed by atoms with Gasteiger partial charge in [-0.3, -0.25) is 19.2 Å². The molecule has 0 bridgehead atoms. The predicted molar refractivity (Wildman–Crippen MR) is 99.9 cm³/mol. The van der Waals surface area contributed by atoms with E-state index in [0.29, 0.717) is 18.2 Å². The molecule has 1 aliphatic heterocycles. The van der Waals surface area contributed by atoms with Crippen LogP contribution < -0.4 is 5.32 Å². The SMILES string of the molecule is CC(=O)Nc1cnn([C@H]2C[C@@H](COCC(=O)N(C)C)N(CC(C)C)C2)c1. The molecule has 2 heterocycles. The topological polar surface area (TPSA) is 79.7 Å². The van der Waals surface area contributed by atoms with Crippen molar-refractivity contribution in [3.63, 3.8) is 0 Å². The third-order valence-electron chi connectivity index (χ3n) is 4.44. The first kappa shape index (κ1) is 20.4. The zero-order valence-corrected chi connectivity index (χ0v) is 16.4. The monoisotopic (exact) mass is 365 g/mol. The molecule has 0 spiro atoms. The number of hydrogen-bond donors (Lipinski definition) is 1. The van der Waals surface area contributed by atoms with E-state index in [4.69, 9.17) is 4.74 Å². The number of anilines is 1. The van der Waals surface area contributed by atoms with Gasteiger partial charge in [-0.1, -0.05) is 13.8 Å². The molecule has 1 aromatic rings. The number of aromatic nitrogens is 2. The Hall–Kier alpha value is -1.93. The Morgan fingerprint density at radius 3 is 2.77 bits per heavy atom. The Morgan fingerprint density at radius 1 is 1.42 bits per heavy atom. The normalized spacial score (nSPS) is 20.5. The zero-order chi connectivity index (χ0) is 19.3. The lowest BCUT2D eigenvalue weighted by Crippen LogP contribution is -2.37. The highest BCUT2D eigenvalue weighted by molar-refractivity contribution is 5.88. The minimum atomic E-state index is -0.103. The number of carbonyl (C=O) groups excluding carboxylic acids is 2. The van der Waals surface area contributed by atoms with Crippen LogP contribution in [0.4, 0.5) is 5.69 Å². The number of ether oxygens (including phenoxy) is 1. The van der Waals surface area contributed by atoms with Crippen molar-refractivity contribution in [1.82, 2.24) is 19.6 Å². The number of amides is 2. The van der Waals surface area contributed by atoms with Crippen LogP contribution >= 0.6 is 0 Å². The highest BCUT2D eigenvalue weighted by Crippen LogP contribution is 2.28. The third kappa shape index (κ3) is 5.81. The summed E-state index contributed by atoms with van der Waals surface area (Å²) < 4.78 is 7.60. The molecule has 1 aromatic heterocycles. The molecule has 0 aliphatic carbocycles. The summed E-state index contributed by atoms with van der Waals surface area (Å²) in [6, 6.07) is 0.486. The first-order valence-corrected chi connectivity index (χ1v) is 9.10. The lowest BCUT2D eigenvalue weighted by atomic mass is 10.1. The van der Waals surface area contributed by atoms with Crippen LogP contribution in [0, 0.1) is 5.92 Å². The number of nitrogens with zero attached hydrogens (tertiary/aromatic N) is 4. The lowest BCUT2D eigenvalue weighted by Gasteiger charge is -2.25. The fraction of sp³-hybridized carbons (Fsp3) is 0.722. The average Bonchev–Trinajstić information content (AvgIpc) is 3.13. The van der Waals surface area contributed by atoms with E-state index in [1.165, 1.54) is 11.8 Å². The van der Waals surface area contributed by atoms with Crippen molar-refractivity contribution in [2.24, 2.45) is 5.92 Å². The minimum Gasteiger partial charge on any atom is -0.370 e. The van der Waals surface area contributed by atoms with Crippen molar-refractivity contribution in [3.8, 4) is 0 Å². The van der Waals surface area contributed by atoms with E-state index in [9.17, 15) is 9.59 Å². The average molecular weight is 365 g/mol. The van der Waals surface area contributed by atoms with E-state index in [1.54, 1.807) is 20.3 Å². The first-order chi connectivity index (χ1) is 12.3. The van der Waals surface area contributed by atoms with Gasteiger partial charge in [-0.25, -0.2) is 0 Å². The summed E-state index contributed by atoms with van der Waals surface area (Å²) in [5.41, 5.74) is 0.712. The van der Waals surface area contributed by atoms with Crippen molar-refractivity contribution in [3.05, 3.63) is 12.4 Å². The number of likely N-dealkylation sites (N-methyl/N-ethyl adjacent to an activating group) is 1. The molecule has 1 fully saturated rings. The molecule has 8 heteroatoms. The van der Waals surface area contributed by atoms with E-state index in [0.717, 1.165) is 19.5 Å². The molecule has 1 saturated heterocycles. The van der Waals surface area contributed by atoms with Crippen LogP contribution in [0.2, 0.25) is 0 Å². The summed E-state index contributed by atoms with van der Waals surface area (Å²) in [6.07, 6.45) is 4.45. The second kappa shape index (κ2) is 9.14. The molecular formula is C18H31N5O3. The molecule has 0 aromatic carbocycles. The largest absolute Gasteiger partial charge is 0.370 e. The van der Waals surface area contributed by atoms with E-state index in [1.807, 2.05) is 10.9 Å². The number of rotatable bonds is 8. The minimum absolute atomic E-state index is 0.0259. The molecule has 0 saturated carbocycles. The Kier molecular flexibility index (Phi) is 7.16. The number of carbonyl (C=O) groups is 2. The first-order valence-electron chi connectivity index (χ1n) is 9.10. The quantitative estimate of drug-likeness (QED) is 0.749. The predicted octanol–water partition coefficient (Wildman–Crippen LogP) is 1.22. The van der Waals surface area contributed by atoms with Gasteiger partial charge < -0.3 is 15.0 Å². The van der Waals surface area contributed by atoms with Crippen LogP contribution in [-0.4, -0.2) is 77.8 Å². The number of nitrogens with one attached hydrogen (secondary N) is 1. The fourth-order valence-corrected chi connectivity index (χ4v) is 3.23. The Bertz CT molecular complexity index is 614. The smallest absolute Gasteiger partial charge is 0.248 e. The highest BCUT2D eigenvalue weighted by Gasteiger charge is 2.34. The molecular weight excluding hydrogens is 334 g/mol. The van der Waals surface area contributed by atoms with Gasteiger partial charge >= 0.3 is 0 Å². The molecule has 1 aliphatic rings. The maximum absolute atomic E-state index is 11.7. The second-order valence-electron chi connectivity index (χ2n) is 7.58. The highest BCUT2D eigenvalue weighted by atomic mass is 16.5. The van der Waals surface area contributed by atoms with Crippen molar-refractivity contribution in [1.29, 1.82) is 0 Å². The van der Waals surface area contributed by atoms with E-state index in [2.05, 4.69) is 29.2 Å². The fourth-order valence-electron chi connectivity index (χ4n) is 3.23. The number of likely N-dealkylation sites (tertiary alicyclic amines) is 1. The molecule has 2 amide bonds. The van der Waals surface area contributed by atoms with Gasteiger partial charge in [-0.2, -0.15) is 5.10 Å². The third-order valence-corrected chi connectivity index (χ3v) is 4.44. The lowest BCUT2D eigenvalue weighted by molar-refractivity contribution is -0.134. The molecule has 0 unspecified atom stereocenters. The molecule has 0 radical (unpaired) electrons. The standard InChI is InChI=1S/C18H31N5O3/c1-13(2)8-22-10-16(23-9-15(7-19-23)20-14(3)24)6-17(22)11-26-12-18(25)21(4)5/h7,9,13,16-17H,6,8,10-12H2,1-5H3,(H,20,24)/t16-,17-/m0/s1. The van der Waals surface area contributed by atoms with Gasteiger partial charge in [0, 0.05) is 46.3 Å². The Balaban J connectivity index is 1.97. The van der Waals surface area contributed by atoms with Crippen LogP contribution in [-0.2, 0) is 14.3 Å². The van der Waals surface area contributed by atoms with Gasteiger partial charge in [0.1, 0.15) is 6.61 Å². The van der Waals surface area contributed by atoms with Crippen molar-refractivity contribution < 1.29 is 14.3 Å². The molecule has 1 N–H and O–H groups in total. The van der Waals surface area contributed by atoms with E-state index < -0.39 is 0 Å². The summed E-state index contributed by atoms with van der Waals surface area (Å²) in [7, 11) is 3.46. The van der Waals surface area contributed by atoms with Gasteiger partial charge in [0.15, 0.2) is 0 Å². The van der Waals surface area contributed by atoms with Crippen molar-refractivity contribution in [2.75, 3.05) is 45.7 Å². The van der Waals surface area contributed by atoms with Crippen LogP contribution in [0.3, 0.4) is 0 Å². The Morgan fingerprint density at radius 2 is 2.15 bits per heavy atom. The maximum atomic E-state index is 11.7. The van der Waals surface area contributed by atoms with Crippen LogP contribution in [0.25, 0.3) is 0 Å². The second-order valence-corrected chi connectivity index (χ2v) is 7.58. The molecule has 8 nitrogen and oxygen atoms in total. The van der Waals surface area contributed by atoms with Crippen LogP contribution in [0.5, 0.6) is 0 Å². The molecule has 2 atom stereocenters. The summed E-state index contributed by atoms with van der Waals surface area (Å²) in [5.74, 6) is 0.420. The van der Waals surface area contributed by atoms with Crippen molar-refractivity contribution in [2.45, 2.75) is 39.3 Å². The zero-order valence-electron chi connectivity index (χ0n) is 16.4. The summed E-state index contributed by atoms with van der Waals surface area (Å²) in [4.78, 5) is 26.8. The van der Waals surface area contributed by atoms with E-state index in [-0.39, 0.29) is 30.5 Å².